The van der Waals surface area contributed by atoms with Crippen LogP contribution < -0.4 is 0 Å². The minimum absolute atomic E-state index is 0.185. The monoisotopic (exact) mass is 244 g/mol. The van der Waals surface area contributed by atoms with E-state index >= 15 is 0 Å². The van der Waals surface area contributed by atoms with Crippen molar-refractivity contribution in [3.63, 3.8) is 0 Å². The van der Waals surface area contributed by atoms with Gasteiger partial charge in [-0.3, -0.25) is 0 Å². The van der Waals surface area contributed by atoms with E-state index in [0.717, 1.165) is 31.5 Å². The smallest absolute Gasteiger partial charge is 0.229 e. The van der Waals surface area contributed by atoms with Crippen LogP contribution in [0.5, 0.6) is 0 Å². The van der Waals surface area contributed by atoms with Crippen molar-refractivity contribution in [1.29, 1.82) is 0 Å². The molecule has 0 spiro atoms. The van der Waals surface area contributed by atoms with Crippen molar-refractivity contribution in [2.45, 2.75) is 37.7 Å². The third-order valence-electron chi connectivity index (χ3n) is 3.43. The predicted octanol–water partition coefficient (Wildman–Crippen LogP) is 2.09. The lowest BCUT2D eigenvalue weighted by molar-refractivity contribution is 0.0625. The summed E-state index contributed by atoms with van der Waals surface area (Å²) in [6, 6.07) is 10.3. The van der Waals surface area contributed by atoms with Crippen LogP contribution in [0, 0.1) is 0 Å². The normalized spacial score (nSPS) is 22.7. The largest absolute Gasteiger partial charge is 0.393 e. The summed E-state index contributed by atoms with van der Waals surface area (Å²) in [4.78, 5) is 4.39. The third-order valence-corrected chi connectivity index (χ3v) is 3.43. The fourth-order valence-corrected chi connectivity index (χ4v) is 2.23. The molecule has 0 saturated heterocycles. The summed E-state index contributed by atoms with van der Waals surface area (Å²) in [5.41, 5.74) is 1.28. The van der Waals surface area contributed by atoms with E-state index in [1.54, 1.807) is 0 Å². The zero-order chi connectivity index (χ0) is 12.4. The Balaban J connectivity index is 1.57. The molecule has 1 aromatic carbocycles. The van der Waals surface area contributed by atoms with E-state index in [1.807, 2.05) is 18.2 Å². The number of rotatable bonds is 4. The summed E-state index contributed by atoms with van der Waals surface area (Å²) in [5.74, 6) is 1.71. The molecule has 1 aliphatic rings. The maximum atomic E-state index is 9.25. The van der Waals surface area contributed by atoms with Gasteiger partial charge < -0.3 is 9.63 Å². The molecule has 0 unspecified atom stereocenters. The van der Waals surface area contributed by atoms with Crippen LogP contribution >= 0.6 is 0 Å². The Kier molecular flexibility index (Phi) is 3.11. The molecule has 94 valence electrons. The topological polar surface area (TPSA) is 59.2 Å². The molecule has 18 heavy (non-hydrogen) atoms. The first-order chi connectivity index (χ1) is 8.81. The zero-order valence-electron chi connectivity index (χ0n) is 10.1. The number of aryl methyl sites for hydroxylation is 2. The van der Waals surface area contributed by atoms with Crippen LogP contribution in [-0.4, -0.2) is 21.4 Å². The van der Waals surface area contributed by atoms with Gasteiger partial charge in [-0.15, -0.1) is 0 Å². The van der Waals surface area contributed by atoms with Gasteiger partial charge in [-0.05, 0) is 24.8 Å². The van der Waals surface area contributed by atoms with Gasteiger partial charge in [-0.25, -0.2) is 0 Å². The molecule has 2 aromatic rings. The highest BCUT2D eigenvalue weighted by atomic mass is 16.5. The van der Waals surface area contributed by atoms with Gasteiger partial charge in [-0.1, -0.05) is 35.5 Å². The Morgan fingerprint density at radius 2 is 1.94 bits per heavy atom. The summed E-state index contributed by atoms with van der Waals surface area (Å²) in [6.45, 7) is 0. The zero-order valence-corrected chi connectivity index (χ0v) is 10.1. The number of aliphatic hydroxyl groups is 1. The summed E-state index contributed by atoms with van der Waals surface area (Å²) >= 11 is 0. The van der Waals surface area contributed by atoms with Crippen molar-refractivity contribution in [1.82, 2.24) is 10.1 Å². The van der Waals surface area contributed by atoms with E-state index in [1.165, 1.54) is 5.56 Å². The Morgan fingerprint density at radius 1 is 1.17 bits per heavy atom. The SMILES string of the molecule is OC1CC(c2nc(CCc3ccccc3)no2)C1. The van der Waals surface area contributed by atoms with E-state index < -0.39 is 0 Å². The van der Waals surface area contributed by atoms with E-state index in [0.29, 0.717) is 5.89 Å². The molecule has 0 atom stereocenters. The summed E-state index contributed by atoms with van der Waals surface area (Å²) in [7, 11) is 0. The summed E-state index contributed by atoms with van der Waals surface area (Å²) in [5, 5.41) is 13.2. The minimum Gasteiger partial charge on any atom is -0.393 e. The number of hydrogen-bond acceptors (Lipinski definition) is 4. The lowest BCUT2D eigenvalue weighted by Gasteiger charge is -2.27. The highest BCUT2D eigenvalue weighted by molar-refractivity contribution is 5.15. The molecular formula is C14H16N2O2. The fourth-order valence-electron chi connectivity index (χ4n) is 2.23. The van der Waals surface area contributed by atoms with Gasteiger partial charge in [0.1, 0.15) is 0 Å². The van der Waals surface area contributed by atoms with Crippen molar-refractivity contribution in [2.75, 3.05) is 0 Å². The average molecular weight is 244 g/mol. The first-order valence-corrected chi connectivity index (χ1v) is 6.36. The molecule has 1 saturated carbocycles. The van der Waals surface area contributed by atoms with Crippen LogP contribution in [0.1, 0.15) is 36.0 Å². The molecule has 1 fully saturated rings. The number of aliphatic hydroxyl groups excluding tert-OH is 1. The number of hydrogen-bond donors (Lipinski definition) is 1. The lowest BCUT2D eigenvalue weighted by Crippen LogP contribution is -2.26. The van der Waals surface area contributed by atoms with E-state index in [9.17, 15) is 5.11 Å². The van der Waals surface area contributed by atoms with Crippen molar-refractivity contribution in [3.8, 4) is 0 Å². The van der Waals surface area contributed by atoms with Crippen molar-refractivity contribution in [2.24, 2.45) is 0 Å². The number of aromatic nitrogens is 2. The van der Waals surface area contributed by atoms with Crippen LogP contribution in [0.15, 0.2) is 34.9 Å². The van der Waals surface area contributed by atoms with Crippen LogP contribution in [0.25, 0.3) is 0 Å². The van der Waals surface area contributed by atoms with Crippen LogP contribution in [0.3, 0.4) is 0 Å². The Morgan fingerprint density at radius 3 is 2.67 bits per heavy atom. The molecule has 4 nitrogen and oxygen atoms in total. The molecule has 4 heteroatoms. The molecule has 0 bridgehead atoms. The highest BCUT2D eigenvalue weighted by Crippen LogP contribution is 2.35. The predicted molar refractivity (Wildman–Crippen MR) is 66.1 cm³/mol. The molecule has 1 heterocycles. The van der Waals surface area contributed by atoms with Crippen molar-refractivity contribution in [3.05, 3.63) is 47.6 Å². The van der Waals surface area contributed by atoms with E-state index in [-0.39, 0.29) is 12.0 Å². The molecule has 0 amide bonds. The molecule has 1 N–H and O–H groups in total. The summed E-state index contributed by atoms with van der Waals surface area (Å²) in [6.07, 6.45) is 3.03. The number of benzene rings is 1. The standard InChI is InChI=1S/C14H16N2O2/c17-12-8-11(9-12)14-15-13(16-18-14)7-6-10-4-2-1-3-5-10/h1-5,11-12,17H,6-9H2. The molecule has 1 aromatic heterocycles. The quantitative estimate of drug-likeness (QED) is 0.894. The molecular weight excluding hydrogens is 228 g/mol. The molecule has 0 aliphatic heterocycles. The van der Waals surface area contributed by atoms with Gasteiger partial charge in [0, 0.05) is 12.3 Å². The second-order valence-corrected chi connectivity index (χ2v) is 4.86. The van der Waals surface area contributed by atoms with Gasteiger partial charge in [0.15, 0.2) is 5.82 Å². The van der Waals surface area contributed by atoms with Gasteiger partial charge in [0.25, 0.3) is 0 Å². The van der Waals surface area contributed by atoms with Gasteiger partial charge in [0.2, 0.25) is 5.89 Å². The van der Waals surface area contributed by atoms with Crippen molar-refractivity contribution >= 4 is 0 Å². The molecule has 3 rings (SSSR count). The van der Waals surface area contributed by atoms with Gasteiger partial charge >= 0.3 is 0 Å². The second kappa shape index (κ2) is 4.90. The second-order valence-electron chi connectivity index (χ2n) is 4.86. The maximum Gasteiger partial charge on any atom is 0.229 e. The van der Waals surface area contributed by atoms with Crippen LogP contribution in [-0.2, 0) is 12.8 Å². The average Bonchev–Trinajstić information content (AvgIpc) is 2.82. The Bertz CT molecular complexity index is 504. The lowest BCUT2D eigenvalue weighted by atomic mass is 9.82. The molecule has 1 aliphatic carbocycles. The van der Waals surface area contributed by atoms with Gasteiger partial charge in [-0.2, -0.15) is 4.98 Å². The first-order valence-electron chi connectivity index (χ1n) is 6.36. The Labute approximate surface area is 106 Å². The van der Waals surface area contributed by atoms with Crippen LogP contribution in [0.4, 0.5) is 0 Å². The summed E-state index contributed by atoms with van der Waals surface area (Å²) < 4.78 is 5.23. The van der Waals surface area contributed by atoms with E-state index in [4.69, 9.17) is 4.52 Å². The van der Waals surface area contributed by atoms with E-state index in [2.05, 4.69) is 22.3 Å². The first kappa shape index (κ1) is 11.4. The highest BCUT2D eigenvalue weighted by Gasteiger charge is 2.32. The fraction of sp³-hybridized carbons (Fsp3) is 0.429. The maximum absolute atomic E-state index is 9.25. The number of nitrogens with zero attached hydrogens (tertiary/aromatic N) is 2. The van der Waals surface area contributed by atoms with Gasteiger partial charge in [0.05, 0.1) is 6.10 Å². The third kappa shape index (κ3) is 2.43. The van der Waals surface area contributed by atoms with Crippen LogP contribution in [0.2, 0.25) is 0 Å². The molecule has 0 radical (unpaired) electrons. The minimum atomic E-state index is -0.185. The van der Waals surface area contributed by atoms with Crippen molar-refractivity contribution < 1.29 is 9.63 Å². The Hall–Kier alpha value is -1.68.